The standard InChI is InChI=1S/C25H45OP2.Ir/c1-22(2,3)27(23(4,5)6)17-19-14-20(16-21(15-19)26-13)18-28(24(7,8)9)25(10,11)12;/h15-16H,17-18H2,1-13H3;/q-1;+1/p+2. The first-order chi connectivity index (χ1) is 12.4. The van der Waals surface area contributed by atoms with Crippen molar-refractivity contribution in [1.82, 2.24) is 0 Å². The first kappa shape index (κ1) is 29.5. The van der Waals surface area contributed by atoms with Crippen molar-refractivity contribution < 1.29 is 24.8 Å². The third kappa shape index (κ3) is 9.27. The molecular weight excluding hydrogens is 570 g/mol. The summed E-state index contributed by atoms with van der Waals surface area (Å²) in [6.45, 7) is 28.9. The minimum Gasteiger partial charge on any atom is -0.522 e. The van der Waals surface area contributed by atoms with Crippen LogP contribution in [0.4, 0.5) is 0 Å². The molecule has 0 fully saturated rings. The molecule has 170 valence electrons. The summed E-state index contributed by atoms with van der Waals surface area (Å²) in [4.78, 5) is 0. The zero-order valence-corrected chi connectivity index (χ0v) is 25.7. The van der Waals surface area contributed by atoms with Gasteiger partial charge in [-0.1, -0.05) is 0 Å². The molecule has 0 saturated carbocycles. The first-order valence-electron chi connectivity index (χ1n) is 10.7. The zero-order valence-electron chi connectivity index (χ0n) is 21.3. The molecule has 0 aliphatic rings. The van der Waals surface area contributed by atoms with Gasteiger partial charge in [0.25, 0.3) is 0 Å². The van der Waals surface area contributed by atoms with Crippen LogP contribution in [-0.4, -0.2) is 27.7 Å². The van der Waals surface area contributed by atoms with Crippen LogP contribution in [0, 0.1) is 6.07 Å². The van der Waals surface area contributed by atoms with Gasteiger partial charge in [0.15, 0.2) is 0 Å². The maximum atomic E-state index is 5.70. The summed E-state index contributed by atoms with van der Waals surface area (Å²) in [5, 5.41) is 1.41. The van der Waals surface area contributed by atoms with Gasteiger partial charge in [-0.25, -0.2) is 0 Å². The Balaban J connectivity index is 0.00000784. The van der Waals surface area contributed by atoms with Crippen LogP contribution >= 0.6 is 15.8 Å². The summed E-state index contributed by atoms with van der Waals surface area (Å²) in [5.41, 5.74) is 2.69. The number of methoxy groups -OCH3 is 1. The molecule has 1 aromatic rings. The van der Waals surface area contributed by atoms with Crippen molar-refractivity contribution in [1.29, 1.82) is 0 Å². The Hall–Kier alpha value is 0.529. The second-order valence-corrected chi connectivity index (χ2v) is 21.0. The SMILES string of the molecule is COc1cc(C[PH+](C(C)(C)C)C(C)(C)C)[c-]c(C[PH+](C(C)(C)C)C(C)(C)C)c1.[Ir+]. The normalized spacial score (nSPS) is 13.6. The van der Waals surface area contributed by atoms with E-state index in [1.54, 1.807) is 7.11 Å². The molecule has 0 aliphatic carbocycles. The molecule has 0 radical (unpaired) electrons. The Bertz CT molecular complexity index is 562. The molecule has 0 atom stereocenters. The summed E-state index contributed by atoms with van der Waals surface area (Å²) in [6.07, 6.45) is 2.30. The number of rotatable bonds is 5. The summed E-state index contributed by atoms with van der Waals surface area (Å²) < 4.78 is 5.70. The van der Waals surface area contributed by atoms with Gasteiger partial charge < -0.3 is 4.74 Å². The van der Waals surface area contributed by atoms with Crippen LogP contribution in [0.5, 0.6) is 5.75 Å². The van der Waals surface area contributed by atoms with Crippen molar-refractivity contribution in [2.75, 3.05) is 7.11 Å². The van der Waals surface area contributed by atoms with E-state index in [1.807, 2.05) is 0 Å². The van der Waals surface area contributed by atoms with Crippen molar-refractivity contribution >= 4 is 15.8 Å². The molecular formula is C25H47IrOP2+2. The average Bonchev–Trinajstić information content (AvgIpc) is 2.45. The number of benzene rings is 1. The molecule has 0 saturated heterocycles. The van der Waals surface area contributed by atoms with E-state index in [-0.39, 0.29) is 20.1 Å². The van der Waals surface area contributed by atoms with Gasteiger partial charge in [-0.3, -0.25) is 0 Å². The average molecular weight is 618 g/mol. The third-order valence-corrected chi connectivity index (χ3v) is 14.3. The van der Waals surface area contributed by atoms with E-state index < -0.39 is 15.8 Å². The first-order valence-corrected chi connectivity index (χ1v) is 14.1. The molecule has 0 N–H and O–H groups in total. The predicted octanol–water partition coefficient (Wildman–Crippen LogP) is 8.12. The summed E-state index contributed by atoms with van der Waals surface area (Å²) in [5.74, 6) is 0.997. The van der Waals surface area contributed by atoms with Crippen LogP contribution < -0.4 is 4.74 Å². The molecule has 0 aromatic heterocycles. The second-order valence-electron chi connectivity index (χ2n) is 12.4. The van der Waals surface area contributed by atoms with Crippen molar-refractivity contribution in [2.24, 2.45) is 0 Å². The fraction of sp³-hybridized carbons (Fsp3) is 0.760. The van der Waals surface area contributed by atoms with Crippen LogP contribution in [-0.2, 0) is 32.4 Å². The van der Waals surface area contributed by atoms with Crippen LogP contribution in [0.1, 0.15) is 94.2 Å². The molecule has 0 aliphatic heterocycles. The van der Waals surface area contributed by atoms with Crippen LogP contribution in [0.15, 0.2) is 12.1 Å². The Morgan fingerprint density at radius 2 is 0.931 bits per heavy atom. The van der Waals surface area contributed by atoms with Gasteiger partial charge in [0.05, 0.1) is 40.1 Å². The quantitative estimate of drug-likeness (QED) is 0.240. The molecule has 0 heterocycles. The van der Waals surface area contributed by atoms with Crippen molar-refractivity contribution in [3.8, 4) is 5.75 Å². The zero-order chi connectivity index (χ0) is 22.1. The number of hydrogen-bond donors (Lipinski definition) is 0. The number of ether oxygens (including phenoxy) is 1. The van der Waals surface area contributed by atoms with E-state index in [2.05, 4.69) is 101 Å². The van der Waals surface area contributed by atoms with Crippen molar-refractivity contribution in [2.45, 2.75) is 116 Å². The van der Waals surface area contributed by atoms with Gasteiger partial charge in [-0.15, -0.1) is 23.3 Å². The Morgan fingerprint density at radius 1 is 0.655 bits per heavy atom. The fourth-order valence-corrected chi connectivity index (χ4v) is 12.4. The molecule has 1 rings (SSSR count). The summed E-state index contributed by atoms with van der Waals surface area (Å²) in [6, 6.07) is 8.30. The second kappa shape index (κ2) is 10.4. The Kier molecular flexibility index (Phi) is 10.6. The minimum atomic E-state index is -0.632. The van der Waals surface area contributed by atoms with Gasteiger partial charge in [0.2, 0.25) is 0 Å². The third-order valence-electron chi connectivity index (χ3n) is 5.55. The summed E-state index contributed by atoms with van der Waals surface area (Å²) >= 11 is 0. The van der Waals surface area contributed by atoms with Crippen molar-refractivity contribution in [3.63, 3.8) is 0 Å². The molecule has 4 heteroatoms. The monoisotopic (exact) mass is 618 g/mol. The van der Waals surface area contributed by atoms with E-state index in [4.69, 9.17) is 4.74 Å². The largest absolute Gasteiger partial charge is 1.00 e. The van der Waals surface area contributed by atoms with Crippen LogP contribution in [0.3, 0.4) is 0 Å². The number of hydrogen-bond acceptors (Lipinski definition) is 1. The maximum absolute atomic E-state index is 5.70. The van der Waals surface area contributed by atoms with E-state index >= 15 is 0 Å². The molecule has 0 unspecified atom stereocenters. The van der Waals surface area contributed by atoms with Gasteiger partial charge in [-0.05, 0) is 83.1 Å². The van der Waals surface area contributed by atoms with Gasteiger partial charge >= 0.3 is 20.1 Å². The maximum Gasteiger partial charge on any atom is 1.00 e. The van der Waals surface area contributed by atoms with Gasteiger partial charge in [0, 0.05) is 21.6 Å². The van der Waals surface area contributed by atoms with Crippen molar-refractivity contribution in [3.05, 3.63) is 29.3 Å². The summed E-state index contributed by atoms with van der Waals surface area (Å²) in [7, 11) is 0.530. The molecule has 0 spiro atoms. The topological polar surface area (TPSA) is 9.23 Å². The van der Waals surface area contributed by atoms with E-state index in [9.17, 15) is 0 Å². The van der Waals surface area contributed by atoms with Crippen LogP contribution in [0.25, 0.3) is 0 Å². The fourth-order valence-electron chi connectivity index (χ4n) is 4.66. The molecule has 1 aromatic carbocycles. The van der Waals surface area contributed by atoms with Crippen LogP contribution in [0.2, 0.25) is 0 Å². The minimum absolute atomic E-state index is 0. The van der Waals surface area contributed by atoms with Gasteiger partial charge in [0.1, 0.15) is 0 Å². The van der Waals surface area contributed by atoms with Gasteiger partial charge in [-0.2, -0.15) is 6.07 Å². The molecule has 29 heavy (non-hydrogen) atoms. The predicted molar refractivity (Wildman–Crippen MR) is 135 cm³/mol. The smallest absolute Gasteiger partial charge is 0.522 e. The Labute approximate surface area is 198 Å². The van der Waals surface area contributed by atoms with E-state index in [0.717, 1.165) is 18.1 Å². The Morgan fingerprint density at radius 3 is 1.14 bits per heavy atom. The van der Waals surface area contributed by atoms with E-state index in [1.165, 1.54) is 11.1 Å². The van der Waals surface area contributed by atoms with E-state index in [0.29, 0.717) is 20.6 Å². The molecule has 1 nitrogen and oxygen atoms in total. The molecule has 0 amide bonds. The molecule has 0 bridgehead atoms.